The Kier molecular flexibility index (Phi) is 5.24. The molecule has 2 rings (SSSR count). The van der Waals surface area contributed by atoms with E-state index in [4.69, 9.17) is 11.6 Å². The summed E-state index contributed by atoms with van der Waals surface area (Å²) in [4.78, 5) is 2.44. The Morgan fingerprint density at radius 3 is 2.53 bits per heavy atom. The summed E-state index contributed by atoms with van der Waals surface area (Å²) in [5.41, 5.74) is 1.39. The molecular formula is C17H22ClN. The van der Waals surface area contributed by atoms with Crippen LogP contribution in [0.15, 0.2) is 42.5 Å². The van der Waals surface area contributed by atoms with Crippen molar-refractivity contribution in [2.45, 2.75) is 20.4 Å². The third-order valence-corrected chi connectivity index (χ3v) is 3.47. The van der Waals surface area contributed by atoms with Crippen LogP contribution in [-0.2, 0) is 6.54 Å². The standard InChI is InChI=1S/C17H22ClN/c1-14(2)12-19(11-10-18)13-16-8-5-7-15-6-3-4-9-17(15)16/h3-9,14H,10-13H2,1-2H3. The molecule has 0 spiro atoms. The average Bonchev–Trinajstić information content (AvgIpc) is 2.39. The minimum atomic E-state index is 0.665. The summed E-state index contributed by atoms with van der Waals surface area (Å²) in [6.07, 6.45) is 0. The molecule has 0 amide bonds. The fourth-order valence-electron chi connectivity index (χ4n) is 2.54. The third-order valence-electron chi connectivity index (χ3n) is 3.30. The second-order valence-corrected chi connectivity index (χ2v) is 5.83. The van der Waals surface area contributed by atoms with Gasteiger partial charge in [-0.3, -0.25) is 4.90 Å². The first-order valence-electron chi connectivity index (χ1n) is 6.95. The van der Waals surface area contributed by atoms with Crippen LogP contribution in [0.25, 0.3) is 10.8 Å². The fourth-order valence-corrected chi connectivity index (χ4v) is 2.78. The van der Waals surface area contributed by atoms with Gasteiger partial charge in [0.25, 0.3) is 0 Å². The van der Waals surface area contributed by atoms with Gasteiger partial charge in [0.1, 0.15) is 0 Å². The molecule has 0 radical (unpaired) electrons. The number of hydrogen-bond donors (Lipinski definition) is 0. The Hall–Kier alpha value is -1.05. The molecule has 0 unspecified atom stereocenters. The Morgan fingerprint density at radius 1 is 1.05 bits per heavy atom. The van der Waals surface area contributed by atoms with Crippen molar-refractivity contribution >= 4 is 22.4 Å². The highest BCUT2D eigenvalue weighted by Gasteiger charge is 2.09. The van der Waals surface area contributed by atoms with Gasteiger partial charge in [0.2, 0.25) is 0 Å². The summed E-state index contributed by atoms with van der Waals surface area (Å²) in [5.74, 6) is 1.36. The maximum absolute atomic E-state index is 5.92. The lowest BCUT2D eigenvalue weighted by atomic mass is 10.0. The Balaban J connectivity index is 2.23. The monoisotopic (exact) mass is 275 g/mol. The Labute approximate surface area is 121 Å². The number of benzene rings is 2. The zero-order valence-corrected chi connectivity index (χ0v) is 12.5. The minimum Gasteiger partial charge on any atom is -0.298 e. The predicted molar refractivity (Wildman–Crippen MR) is 84.8 cm³/mol. The van der Waals surface area contributed by atoms with Crippen LogP contribution in [0, 0.1) is 5.92 Å². The van der Waals surface area contributed by atoms with Crippen LogP contribution in [0.5, 0.6) is 0 Å². The first-order valence-corrected chi connectivity index (χ1v) is 7.49. The summed E-state index contributed by atoms with van der Waals surface area (Å²) >= 11 is 5.92. The van der Waals surface area contributed by atoms with Gasteiger partial charge in [-0.1, -0.05) is 56.3 Å². The van der Waals surface area contributed by atoms with Crippen molar-refractivity contribution in [3.05, 3.63) is 48.0 Å². The molecular weight excluding hydrogens is 254 g/mol. The lowest BCUT2D eigenvalue weighted by Gasteiger charge is -2.24. The first-order chi connectivity index (χ1) is 9.20. The van der Waals surface area contributed by atoms with Crippen molar-refractivity contribution in [3.8, 4) is 0 Å². The number of nitrogens with zero attached hydrogens (tertiary/aromatic N) is 1. The maximum atomic E-state index is 5.92. The molecule has 0 bridgehead atoms. The zero-order valence-electron chi connectivity index (χ0n) is 11.8. The van der Waals surface area contributed by atoms with Crippen molar-refractivity contribution in [1.82, 2.24) is 4.90 Å². The van der Waals surface area contributed by atoms with Crippen LogP contribution >= 0.6 is 11.6 Å². The van der Waals surface area contributed by atoms with Gasteiger partial charge in [-0.2, -0.15) is 0 Å². The van der Waals surface area contributed by atoms with Crippen LogP contribution in [-0.4, -0.2) is 23.9 Å². The van der Waals surface area contributed by atoms with Gasteiger partial charge in [0.05, 0.1) is 0 Å². The maximum Gasteiger partial charge on any atom is 0.0351 e. The third kappa shape index (κ3) is 3.95. The summed E-state index contributed by atoms with van der Waals surface area (Å²) < 4.78 is 0. The largest absolute Gasteiger partial charge is 0.298 e. The summed E-state index contributed by atoms with van der Waals surface area (Å²) in [6, 6.07) is 15.1. The number of hydrogen-bond acceptors (Lipinski definition) is 1. The molecule has 0 saturated heterocycles. The van der Waals surface area contributed by atoms with E-state index < -0.39 is 0 Å². The lowest BCUT2D eigenvalue weighted by Crippen LogP contribution is -2.29. The quantitative estimate of drug-likeness (QED) is 0.700. The smallest absolute Gasteiger partial charge is 0.0351 e. The van der Waals surface area contributed by atoms with Crippen molar-refractivity contribution in [1.29, 1.82) is 0 Å². The van der Waals surface area contributed by atoms with E-state index in [1.165, 1.54) is 16.3 Å². The second kappa shape index (κ2) is 6.93. The Morgan fingerprint density at radius 2 is 1.79 bits per heavy atom. The highest BCUT2D eigenvalue weighted by atomic mass is 35.5. The topological polar surface area (TPSA) is 3.24 Å². The molecule has 0 aliphatic rings. The van der Waals surface area contributed by atoms with Gasteiger partial charge in [-0.05, 0) is 22.3 Å². The van der Waals surface area contributed by atoms with Crippen LogP contribution in [0.1, 0.15) is 19.4 Å². The highest BCUT2D eigenvalue weighted by Crippen LogP contribution is 2.20. The molecule has 102 valence electrons. The second-order valence-electron chi connectivity index (χ2n) is 5.46. The molecule has 0 aliphatic heterocycles. The SMILES string of the molecule is CC(C)CN(CCCl)Cc1cccc2ccccc12. The molecule has 0 fully saturated rings. The first kappa shape index (κ1) is 14.4. The zero-order chi connectivity index (χ0) is 13.7. The number of alkyl halides is 1. The van der Waals surface area contributed by atoms with Crippen molar-refractivity contribution < 1.29 is 0 Å². The molecule has 0 aromatic heterocycles. The predicted octanol–water partition coefficient (Wildman–Crippen LogP) is 4.54. The van der Waals surface area contributed by atoms with Gasteiger partial charge in [0.15, 0.2) is 0 Å². The molecule has 2 aromatic rings. The van der Waals surface area contributed by atoms with Crippen LogP contribution in [0.3, 0.4) is 0 Å². The number of halogens is 1. The molecule has 0 saturated carbocycles. The van der Waals surface area contributed by atoms with Gasteiger partial charge in [0, 0.05) is 25.5 Å². The molecule has 0 heterocycles. The van der Waals surface area contributed by atoms with Crippen LogP contribution in [0.4, 0.5) is 0 Å². The van der Waals surface area contributed by atoms with Crippen molar-refractivity contribution in [3.63, 3.8) is 0 Å². The van der Waals surface area contributed by atoms with Crippen molar-refractivity contribution in [2.75, 3.05) is 19.0 Å². The molecule has 0 N–H and O–H groups in total. The van der Waals surface area contributed by atoms with Gasteiger partial charge < -0.3 is 0 Å². The molecule has 0 atom stereocenters. The van der Waals surface area contributed by atoms with Gasteiger partial charge in [-0.25, -0.2) is 0 Å². The van der Waals surface area contributed by atoms with Crippen LogP contribution in [0.2, 0.25) is 0 Å². The molecule has 2 aromatic carbocycles. The number of fused-ring (bicyclic) bond motifs is 1. The van der Waals surface area contributed by atoms with E-state index >= 15 is 0 Å². The van der Waals surface area contributed by atoms with E-state index in [9.17, 15) is 0 Å². The van der Waals surface area contributed by atoms with E-state index in [2.05, 4.69) is 61.2 Å². The van der Waals surface area contributed by atoms with E-state index in [1.54, 1.807) is 0 Å². The van der Waals surface area contributed by atoms with E-state index in [0.29, 0.717) is 11.8 Å². The molecule has 0 aliphatic carbocycles. The summed E-state index contributed by atoms with van der Waals surface area (Å²) in [7, 11) is 0. The average molecular weight is 276 g/mol. The van der Waals surface area contributed by atoms with E-state index in [0.717, 1.165) is 19.6 Å². The minimum absolute atomic E-state index is 0.665. The highest BCUT2D eigenvalue weighted by molar-refractivity contribution is 6.18. The summed E-state index contributed by atoms with van der Waals surface area (Å²) in [5, 5.41) is 2.67. The van der Waals surface area contributed by atoms with Crippen LogP contribution < -0.4 is 0 Å². The molecule has 1 nitrogen and oxygen atoms in total. The summed E-state index contributed by atoms with van der Waals surface area (Å²) in [6.45, 7) is 7.53. The number of rotatable bonds is 6. The van der Waals surface area contributed by atoms with Gasteiger partial charge in [-0.15, -0.1) is 11.6 Å². The molecule has 19 heavy (non-hydrogen) atoms. The Bertz CT molecular complexity index is 516. The fraction of sp³-hybridized carbons (Fsp3) is 0.412. The molecule has 2 heteroatoms. The van der Waals surface area contributed by atoms with E-state index in [1.807, 2.05) is 0 Å². The van der Waals surface area contributed by atoms with Gasteiger partial charge >= 0.3 is 0 Å². The van der Waals surface area contributed by atoms with E-state index in [-0.39, 0.29) is 0 Å². The normalized spacial score (nSPS) is 11.6. The lowest BCUT2D eigenvalue weighted by molar-refractivity contribution is 0.250. The van der Waals surface area contributed by atoms with Crippen molar-refractivity contribution in [2.24, 2.45) is 5.92 Å².